The van der Waals surface area contributed by atoms with Crippen LogP contribution in [0.15, 0.2) is 6.07 Å². The van der Waals surface area contributed by atoms with Gasteiger partial charge in [-0.3, -0.25) is 9.59 Å². The molecule has 0 unspecified atom stereocenters. The molecule has 0 radical (unpaired) electrons. The lowest BCUT2D eigenvalue weighted by molar-refractivity contribution is -0.149. The molecule has 5 heteroatoms. The summed E-state index contributed by atoms with van der Waals surface area (Å²) >= 11 is 1.64. The smallest absolute Gasteiger partial charge is 0.310 e. The van der Waals surface area contributed by atoms with E-state index in [-0.39, 0.29) is 17.8 Å². The van der Waals surface area contributed by atoms with E-state index in [9.17, 15) is 9.59 Å². The van der Waals surface area contributed by atoms with Gasteiger partial charge >= 0.3 is 5.97 Å². The Morgan fingerprint density at radius 1 is 1.45 bits per heavy atom. The van der Waals surface area contributed by atoms with Crippen molar-refractivity contribution in [3.8, 4) is 0 Å². The zero-order chi connectivity index (χ0) is 14.7. The van der Waals surface area contributed by atoms with Crippen molar-refractivity contribution in [1.82, 2.24) is 4.90 Å². The summed E-state index contributed by atoms with van der Waals surface area (Å²) in [5.74, 6) is -0.309. The van der Waals surface area contributed by atoms with E-state index < -0.39 is 0 Å². The molecule has 1 aromatic heterocycles. The maximum Gasteiger partial charge on any atom is 0.310 e. The van der Waals surface area contributed by atoms with Crippen LogP contribution in [-0.2, 0) is 9.53 Å². The van der Waals surface area contributed by atoms with Crippen LogP contribution in [0, 0.1) is 19.8 Å². The number of ether oxygens (including phenoxy) is 1. The number of aryl methyl sites for hydroxylation is 2. The van der Waals surface area contributed by atoms with Crippen molar-refractivity contribution < 1.29 is 14.3 Å². The summed E-state index contributed by atoms with van der Waals surface area (Å²) in [4.78, 5) is 28.3. The lowest BCUT2D eigenvalue weighted by Gasteiger charge is -2.31. The van der Waals surface area contributed by atoms with Crippen LogP contribution in [0.25, 0.3) is 0 Å². The minimum Gasteiger partial charge on any atom is -0.466 e. The van der Waals surface area contributed by atoms with Crippen molar-refractivity contribution >= 4 is 23.2 Å². The molecule has 110 valence electrons. The van der Waals surface area contributed by atoms with Gasteiger partial charge in [0.2, 0.25) is 0 Å². The molecule has 4 nitrogen and oxygen atoms in total. The van der Waals surface area contributed by atoms with Gasteiger partial charge in [0.05, 0.1) is 18.1 Å². The SMILES string of the molecule is CCOC(=O)[C@@H]1CCCN(C(=O)c2cc(C)sc2C)C1. The molecular weight excluding hydrogens is 274 g/mol. The standard InChI is InChI=1S/C15H21NO3S/c1-4-19-15(18)12-6-5-7-16(9-12)14(17)13-8-10(2)20-11(13)3/h8,12H,4-7,9H2,1-3H3/t12-/m1/s1. The van der Waals surface area contributed by atoms with Crippen molar-refractivity contribution in [2.75, 3.05) is 19.7 Å². The molecule has 1 amide bonds. The molecule has 0 spiro atoms. The highest BCUT2D eigenvalue weighted by Gasteiger charge is 2.30. The summed E-state index contributed by atoms with van der Waals surface area (Å²) in [6, 6.07) is 1.94. The highest BCUT2D eigenvalue weighted by atomic mass is 32.1. The number of amides is 1. The lowest BCUT2D eigenvalue weighted by Crippen LogP contribution is -2.42. The second kappa shape index (κ2) is 6.39. The Morgan fingerprint density at radius 3 is 2.80 bits per heavy atom. The molecule has 0 bridgehead atoms. The third-order valence-electron chi connectivity index (χ3n) is 3.60. The van der Waals surface area contributed by atoms with E-state index in [1.165, 1.54) is 0 Å². The van der Waals surface area contributed by atoms with Gasteiger partial charge in [0, 0.05) is 22.8 Å². The first-order chi connectivity index (χ1) is 9.52. The van der Waals surface area contributed by atoms with Gasteiger partial charge in [-0.2, -0.15) is 0 Å². The maximum absolute atomic E-state index is 12.5. The molecule has 1 aliphatic rings. The molecule has 1 aliphatic heterocycles. The number of thiophene rings is 1. The fraction of sp³-hybridized carbons (Fsp3) is 0.600. The van der Waals surface area contributed by atoms with Crippen LogP contribution < -0.4 is 0 Å². The molecular formula is C15H21NO3S. The third kappa shape index (κ3) is 3.20. The first-order valence-corrected chi connectivity index (χ1v) is 7.87. The van der Waals surface area contributed by atoms with Crippen molar-refractivity contribution in [1.29, 1.82) is 0 Å². The number of rotatable bonds is 3. The summed E-state index contributed by atoms with van der Waals surface area (Å²) < 4.78 is 5.07. The first kappa shape index (κ1) is 15.0. The number of piperidine rings is 1. The molecule has 2 heterocycles. The second-order valence-corrected chi connectivity index (χ2v) is 6.63. The third-order valence-corrected chi connectivity index (χ3v) is 4.57. The fourth-order valence-electron chi connectivity index (χ4n) is 2.63. The Balaban J connectivity index is 2.07. The van der Waals surface area contributed by atoms with E-state index in [1.54, 1.807) is 23.2 Å². The van der Waals surface area contributed by atoms with E-state index in [0.717, 1.165) is 34.7 Å². The van der Waals surface area contributed by atoms with Crippen molar-refractivity contribution in [2.24, 2.45) is 5.92 Å². The van der Waals surface area contributed by atoms with Crippen LogP contribution in [-0.4, -0.2) is 36.5 Å². The summed E-state index contributed by atoms with van der Waals surface area (Å²) in [5.41, 5.74) is 0.775. The zero-order valence-corrected chi connectivity index (χ0v) is 13.1. The van der Waals surface area contributed by atoms with Crippen LogP contribution >= 0.6 is 11.3 Å². The predicted molar refractivity (Wildman–Crippen MR) is 79.1 cm³/mol. The van der Waals surface area contributed by atoms with Gasteiger partial charge in [-0.25, -0.2) is 0 Å². The number of hydrogen-bond acceptors (Lipinski definition) is 4. The molecule has 1 atom stereocenters. The zero-order valence-electron chi connectivity index (χ0n) is 12.3. The predicted octanol–water partition coefficient (Wildman–Crippen LogP) is 2.78. The van der Waals surface area contributed by atoms with Crippen molar-refractivity contribution in [2.45, 2.75) is 33.6 Å². The van der Waals surface area contributed by atoms with Crippen LogP contribution in [0.3, 0.4) is 0 Å². The van der Waals surface area contributed by atoms with Gasteiger partial charge in [-0.05, 0) is 39.7 Å². The molecule has 2 rings (SSSR count). The van der Waals surface area contributed by atoms with Gasteiger partial charge in [0.1, 0.15) is 0 Å². The number of carbonyl (C=O) groups excluding carboxylic acids is 2. The molecule has 0 N–H and O–H groups in total. The fourth-order valence-corrected chi connectivity index (χ4v) is 3.54. The van der Waals surface area contributed by atoms with Gasteiger partial charge in [0.25, 0.3) is 5.91 Å². The average Bonchev–Trinajstić information content (AvgIpc) is 2.77. The van der Waals surface area contributed by atoms with E-state index in [1.807, 2.05) is 19.9 Å². The van der Waals surface area contributed by atoms with E-state index in [4.69, 9.17) is 4.74 Å². The van der Waals surface area contributed by atoms with E-state index >= 15 is 0 Å². The monoisotopic (exact) mass is 295 g/mol. The Bertz CT molecular complexity index is 509. The summed E-state index contributed by atoms with van der Waals surface area (Å²) in [5, 5.41) is 0. The Hall–Kier alpha value is -1.36. The van der Waals surface area contributed by atoms with Crippen LogP contribution in [0.1, 0.15) is 39.9 Å². The molecule has 0 aliphatic carbocycles. The summed E-state index contributed by atoms with van der Waals surface area (Å²) in [6.45, 7) is 7.38. The molecule has 1 aromatic rings. The lowest BCUT2D eigenvalue weighted by atomic mass is 9.97. The van der Waals surface area contributed by atoms with E-state index in [2.05, 4.69) is 0 Å². The topological polar surface area (TPSA) is 46.6 Å². The minimum absolute atomic E-state index is 0.0425. The second-order valence-electron chi connectivity index (χ2n) is 5.17. The quantitative estimate of drug-likeness (QED) is 0.806. The largest absolute Gasteiger partial charge is 0.466 e. The molecule has 0 saturated carbocycles. The van der Waals surface area contributed by atoms with Gasteiger partial charge in [-0.15, -0.1) is 11.3 Å². The van der Waals surface area contributed by atoms with Crippen molar-refractivity contribution in [3.63, 3.8) is 0 Å². The number of nitrogens with zero attached hydrogens (tertiary/aromatic N) is 1. The summed E-state index contributed by atoms with van der Waals surface area (Å²) in [6.07, 6.45) is 1.67. The Kier molecular flexibility index (Phi) is 4.81. The number of carbonyl (C=O) groups is 2. The minimum atomic E-state index is -0.178. The normalized spacial score (nSPS) is 18.9. The van der Waals surface area contributed by atoms with Crippen LogP contribution in [0.2, 0.25) is 0 Å². The van der Waals surface area contributed by atoms with E-state index in [0.29, 0.717) is 13.2 Å². The van der Waals surface area contributed by atoms with Gasteiger partial charge in [-0.1, -0.05) is 0 Å². The maximum atomic E-state index is 12.5. The molecule has 0 aromatic carbocycles. The van der Waals surface area contributed by atoms with Gasteiger partial charge < -0.3 is 9.64 Å². The van der Waals surface area contributed by atoms with Crippen LogP contribution in [0.5, 0.6) is 0 Å². The summed E-state index contributed by atoms with van der Waals surface area (Å²) in [7, 11) is 0. The van der Waals surface area contributed by atoms with Crippen LogP contribution in [0.4, 0.5) is 0 Å². The first-order valence-electron chi connectivity index (χ1n) is 7.05. The van der Waals surface area contributed by atoms with Crippen molar-refractivity contribution in [3.05, 3.63) is 21.4 Å². The number of esters is 1. The number of likely N-dealkylation sites (tertiary alicyclic amines) is 1. The molecule has 1 saturated heterocycles. The Morgan fingerprint density at radius 2 is 2.20 bits per heavy atom. The molecule has 1 fully saturated rings. The number of hydrogen-bond donors (Lipinski definition) is 0. The van der Waals surface area contributed by atoms with Gasteiger partial charge in [0.15, 0.2) is 0 Å². The highest BCUT2D eigenvalue weighted by molar-refractivity contribution is 7.12. The highest BCUT2D eigenvalue weighted by Crippen LogP contribution is 2.25. The molecule has 20 heavy (non-hydrogen) atoms. The Labute approximate surface area is 123 Å². The average molecular weight is 295 g/mol.